The molecule has 1 aliphatic heterocycles. The van der Waals surface area contributed by atoms with Crippen molar-refractivity contribution in [3.05, 3.63) is 30.1 Å². The number of para-hydroxylation sites is 2. The number of anilines is 2. The molecule has 0 atom stereocenters. The monoisotopic (exact) mass is 601 g/mol. The average molecular weight is 602 g/mol. The first-order chi connectivity index (χ1) is 20.6. The Morgan fingerprint density at radius 1 is 1.00 bits per heavy atom. The summed E-state index contributed by atoms with van der Waals surface area (Å²) in [5, 5.41) is 8.79. The van der Waals surface area contributed by atoms with Crippen molar-refractivity contribution in [1.82, 2.24) is 35.1 Å². The molecule has 2 amide bonds. The first kappa shape index (κ1) is 30.3. The van der Waals surface area contributed by atoms with Crippen LogP contribution in [0.15, 0.2) is 24.3 Å². The molecule has 2 aromatic heterocycles. The summed E-state index contributed by atoms with van der Waals surface area (Å²) in [4.78, 5) is 44.1. The van der Waals surface area contributed by atoms with E-state index in [0.717, 1.165) is 0 Å². The lowest BCUT2D eigenvalue weighted by Crippen LogP contribution is -2.45. The number of imidazole rings is 1. The number of amides is 2. The molecule has 1 aromatic carbocycles. The van der Waals surface area contributed by atoms with Crippen molar-refractivity contribution in [3.63, 3.8) is 0 Å². The van der Waals surface area contributed by atoms with Crippen molar-refractivity contribution < 1.29 is 27.8 Å². The number of carbonyl (C=O) groups excluding carboxylic acids is 2. The number of benzene rings is 1. The lowest BCUT2D eigenvalue weighted by Gasteiger charge is -2.30. The molecule has 43 heavy (non-hydrogen) atoms. The minimum atomic E-state index is -2.84. The number of morpholine rings is 1. The molecule has 3 aromatic rings. The molecular formula is C28H37F2N9O4. The van der Waals surface area contributed by atoms with Crippen LogP contribution in [0.1, 0.15) is 58.7 Å². The van der Waals surface area contributed by atoms with Gasteiger partial charge in [-0.2, -0.15) is 15.0 Å². The molecule has 232 valence electrons. The van der Waals surface area contributed by atoms with Gasteiger partial charge in [-0.25, -0.2) is 18.6 Å². The number of alkyl halides is 2. The van der Waals surface area contributed by atoms with Gasteiger partial charge in [-0.15, -0.1) is 0 Å². The molecule has 3 heterocycles. The van der Waals surface area contributed by atoms with Crippen molar-refractivity contribution in [2.45, 2.75) is 70.6 Å². The molecule has 2 aliphatic rings. The standard InChI is InChI=1S/C28H37F2N9O4/c1-28(2,3)43-27(41)31-16-21(40)32-17-8-10-18(11-9-17)33-24-35-25(38-12-14-42-15-13-38)37-26(36-24)39-20-7-5-4-6-19(20)34-23(39)22(29)30/h4-7,17-18,22H,8-16H2,1-3H3,(H,31,41)(H,32,40)(H,33,35,36,37). The van der Waals surface area contributed by atoms with Crippen LogP contribution < -0.4 is 20.9 Å². The SMILES string of the molecule is CC(C)(C)OC(=O)NCC(=O)NC1CCC(Nc2nc(N3CCOCC3)nc(-n3c(C(F)F)nc4ccccc43)n2)CC1. The number of nitrogens with one attached hydrogen (secondary N) is 3. The molecule has 0 spiro atoms. The highest BCUT2D eigenvalue weighted by Gasteiger charge is 2.27. The van der Waals surface area contributed by atoms with Gasteiger partial charge in [0.2, 0.25) is 23.8 Å². The number of hydrogen-bond donors (Lipinski definition) is 3. The summed E-state index contributed by atoms with van der Waals surface area (Å²) in [6, 6.07) is 6.82. The predicted molar refractivity (Wildman–Crippen MR) is 154 cm³/mol. The van der Waals surface area contributed by atoms with Crippen molar-refractivity contribution in [2.24, 2.45) is 0 Å². The van der Waals surface area contributed by atoms with Crippen molar-refractivity contribution in [2.75, 3.05) is 43.1 Å². The van der Waals surface area contributed by atoms with E-state index in [0.29, 0.717) is 69.0 Å². The lowest BCUT2D eigenvalue weighted by molar-refractivity contribution is -0.121. The summed E-state index contributed by atoms with van der Waals surface area (Å²) < 4.78 is 40.1. The second-order valence-electron chi connectivity index (χ2n) is 11.6. The van der Waals surface area contributed by atoms with Gasteiger partial charge in [0.25, 0.3) is 6.43 Å². The number of ether oxygens (including phenoxy) is 2. The van der Waals surface area contributed by atoms with Crippen molar-refractivity contribution >= 4 is 34.9 Å². The molecule has 3 N–H and O–H groups in total. The summed E-state index contributed by atoms with van der Waals surface area (Å²) in [5.41, 5.74) is 0.244. The van der Waals surface area contributed by atoms with E-state index in [9.17, 15) is 18.4 Å². The van der Waals surface area contributed by atoms with Crippen LogP contribution in [-0.2, 0) is 14.3 Å². The Morgan fingerprint density at radius 3 is 2.37 bits per heavy atom. The highest BCUT2D eigenvalue weighted by atomic mass is 19.3. The first-order valence-electron chi connectivity index (χ1n) is 14.4. The maximum atomic E-state index is 14.1. The van der Waals surface area contributed by atoms with Gasteiger partial charge in [0, 0.05) is 25.2 Å². The fraction of sp³-hybridized carbons (Fsp3) is 0.571. The number of fused-ring (bicyclic) bond motifs is 1. The van der Waals surface area contributed by atoms with E-state index in [2.05, 4.69) is 35.9 Å². The first-order valence-corrected chi connectivity index (χ1v) is 14.4. The van der Waals surface area contributed by atoms with E-state index < -0.39 is 23.9 Å². The van der Waals surface area contributed by atoms with E-state index in [1.807, 2.05) is 4.90 Å². The van der Waals surface area contributed by atoms with E-state index >= 15 is 0 Å². The van der Waals surface area contributed by atoms with Crippen LogP contribution in [0.3, 0.4) is 0 Å². The largest absolute Gasteiger partial charge is 0.444 e. The summed E-state index contributed by atoms with van der Waals surface area (Å²) in [7, 11) is 0. The highest BCUT2D eigenvalue weighted by molar-refractivity contribution is 5.82. The van der Waals surface area contributed by atoms with Crippen LogP contribution in [0, 0.1) is 0 Å². The van der Waals surface area contributed by atoms with E-state index in [1.54, 1.807) is 45.0 Å². The Balaban J connectivity index is 1.28. The smallest absolute Gasteiger partial charge is 0.408 e. The molecule has 1 aliphatic carbocycles. The van der Waals surface area contributed by atoms with Gasteiger partial charge in [-0.1, -0.05) is 12.1 Å². The molecule has 0 bridgehead atoms. The van der Waals surface area contributed by atoms with Gasteiger partial charge < -0.3 is 30.3 Å². The zero-order valence-electron chi connectivity index (χ0n) is 24.5. The van der Waals surface area contributed by atoms with Gasteiger partial charge >= 0.3 is 6.09 Å². The Kier molecular flexibility index (Phi) is 9.18. The molecule has 15 heteroatoms. The summed E-state index contributed by atoms with van der Waals surface area (Å²) >= 11 is 0. The van der Waals surface area contributed by atoms with Crippen LogP contribution >= 0.6 is 0 Å². The van der Waals surface area contributed by atoms with Gasteiger partial charge in [0.15, 0.2) is 5.82 Å². The number of rotatable bonds is 8. The number of carbonyl (C=O) groups is 2. The molecule has 0 radical (unpaired) electrons. The third-order valence-corrected chi connectivity index (χ3v) is 7.11. The Bertz CT molecular complexity index is 1430. The second-order valence-corrected chi connectivity index (χ2v) is 11.6. The quantitative estimate of drug-likeness (QED) is 0.351. The van der Waals surface area contributed by atoms with E-state index in [-0.39, 0.29) is 36.4 Å². The predicted octanol–water partition coefficient (Wildman–Crippen LogP) is 3.35. The minimum Gasteiger partial charge on any atom is -0.444 e. The Morgan fingerprint density at radius 2 is 1.67 bits per heavy atom. The molecule has 2 fully saturated rings. The zero-order valence-corrected chi connectivity index (χ0v) is 24.5. The molecule has 1 saturated heterocycles. The summed E-state index contributed by atoms with van der Waals surface area (Å²) in [6.07, 6.45) is -0.647. The van der Waals surface area contributed by atoms with Gasteiger partial charge in [0.1, 0.15) is 12.1 Å². The van der Waals surface area contributed by atoms with Crippen molar-refractivity contribution in [1.29, 1.82) is 0 Å². The van der Waals surface area contributed by atoms with E-state index in [1.165, 1.54) is 4.57 Å². The van der Waals surface area contributed by atoms with Crippen LogP contribution in [0.5, 0.6) is 0 Å². The van der Waals surface area contributed by atoms with Crippen LogP contribution in [-0.4, -0.2) is 87.0 Å². The maximum absolute atomic E-state index is 14.1. The third kappa shape index (κ3) is 7.83. The number of hydrogen-bond acceptors (Lipinski definition) is 10. The number of aromatic nitrogens is 5. The average Bonchev–Trinajstić information content (AvgIpc) is 3.37. The number of alkyl carbamates (subject to hydrolysis) is 1. The molecule has 13 nitrogen and oxygen atoms in total. The van der Waals surface area contributed by atoms with Crippen LogP contribution in [0.25, 0.3) is 17.0 Å². The second kappa shape index (κ2) is 13.0. The van der Waals surface area contributed by atoms with Crippen molar-refractivity contribution in [3.8, 4) is 5.95 Å². The summed E-state index contributed by atoms with van der Waals surface area (Å²) in [5.74, 6) is -0.0298. The van der Waals surface area contributed by atoms with Gasteiger partial charge in [-0.05, 0) is 58.6 Å². The van der Waals surface area contributed by atoms with Gasteiger partial charge in [0.05, 0.1) is 24.2 Å². The fourth-order valence-corrected chi connectivity index (χ4v) is 5.13. The highest BCUT2D eigenvalue weighted by Crippen LogP contribution is 2.28. The fourth-order valence-electron chi connectivity index (χ4n) is 5.13. The Hall–Kier alpha value is -4.14. The minimum absolute atomic E-state index is 0.00469. The summed E-state index contributed by atoms with van der Waals surface area (Å²) in [6.45, 7) is 7.20. The number of halogens is 2. The van der Waals surface area contributed by atoms with E-state index in [4.69, 9.17) is 9.47 Å². The Labute approximate surface area is 247 Å². The topological polar surface area (TPSA) is 148 Å². The molecule has 5 rings (SSSR count). The van der Waals surface area contributed by atoms with Gasteiger partial charge in [-0.3, -0.25) is 9.36 Å². The number of nitrogens with zero attached hydrogens (tertiary/aromatic N) is 6. The van der Waals surface area contributed by atoms with Crippen LogP contribution in [0.4, 0.5) is 25.5 Å². The third-order valence-electron chi connectivity index (χ3n) is 7.11. The zero-order chi connectivity index (χ0) is 30.6. The maximum Gasteiger partial charge on any atom is 0.408 e. The lowest BCUT2D eigenvalue weighted by atomic mass is 9.91. The molecule has 1 saturated carbocycles. The molecule has 0 unspecified atom stereocenters. The van der Waals surface area contributed by atoms with Crippen LogP contribution in [0.2, 0.25) is 0 Å². The molecular weight excluding hydrogens is 564 g/mol. The normalized spacial score (nSPS) is 19.3.